The number of alkyl halides is 3. The Hall–Kier alpha value is -1.99. The lowest BCUT2D eigenvalue weighted by Crippen LogP contribution is -2.50. The number of nitrogens with zero attached hydrogens (tertiary/aromatic N) is 1. The maximum absolute atomic E-state index is 13.2. The molecule has 1 heterocycles. The van der Waals surface area contributed by atoms with Crippen LogP contribution in [0.4, 0.5) is 13.2 Å². The molecule has 1 unspecified atom stereocenters. The lowest BCUT2D eigenvalue weighted by atomic mass is 9.97. The fourth-order valence-electron chi connectivity index (χ4n) is 3.03. The van der Waals surface area contributed by atoms with Crippen molar-refractivity contribution in [3.05, 3.63) is 28.2 Å². The molecule has 1 aliphatic carbocycles. The minimum absolute atomic E-state index is 0.247. The number of pyridine rings is 1. The Morgan fingerprint density at radius 1 is 1.39 bits per heavy atom. The monoisotopic (exact) mass is 332 g/mol. The van der Waals surface area contributed by atoms with E-state index in [0.29, 0.717) is 18.5 Å². The summed E-state index contributed by atoms with van der Waals surface area (Å²) in [6.07, 6.45) is -2.20. The molecule has 2 N–H and O–H groups in total. The van der Waals surface area contributed by atoms with Crippen molar-refractivity contribution >= 4 is 5.91 Å². The maximum atomic E-state index is 13.2. The average Bonchev–Trinajstić information content (AvgIpc) is 2.92. The maximum Gasteiger partial charge on any atom is 0.408 e. The third-order valence-electron chi connectivity index (χ3n) is 4.16. The van der Waals surface area contributed by atoms with Crippen LogP contribution in [-0.4, -0.2) is 27.8 Å². The van der Waals surface area contributed by atoms with Crippen molar-refractivity contribution in [3.63, 3.8) is 0 Å². The Morgan fingerprint density at radius 3 is 2.52 bits per heavy atom. The van der Waals surface area contributed by atoms with E-state index < -0.39 is 36.1 Å². The molecule has 1 aliphatic rings. The number of nitrogens with one attached hydrogen (secondary N) is 1. The van der Waals surface area contributed by atoms with Crippen molar-refractivity contribution in [2.24, 2.45) is 5.92 Å². The molecule has 0 aromatic carbocycles. The van der Waals surface area contributed by atoms with Gasteiger partial charge in [0.25, 0.3) is 5.56 Å². The largest absolute Gasteiger partial charge is 0.508 e. The van der Waals surface area contributed by atoms with Crippen LogP contribution in [0.2, 0.25) is 0 Å². The summed E-state index contributed by atoms with van der Waals surface area (Å²) >= 11 is 0. The van der Waals surface area contributed by atoms with E-state index >= 15 is 0 Å². The normalized spacial score (nSPS) is 17.2. The van der Waals surface area contributed by atoms with E-state index in [1.54, 1.807) is 0 Å². The second-order valence-electron chi connectivity index (χ2n) is 5.91. The molecular formula is C15H19F3N2O3. The molecule has 5 nitrogen and oxygen atoms in total. The first-order chi connectivity index (χ1) is 10.7. The number of halogens is 3. The number of aryl methyl sites for hydroxylation is 1. The van der Waals surface area contributed by atoms with Crippen molar-refractivity contribution in [1.29, 1.82) is 0 Å². The van der Waals surface area contributed by atoms with Crippen LogP contribution in [0.15, 0.2) is 16.9 Å². The summed E-state index contributed by atoms with van der Waals surface area (Å²) in [5.41, 5.74) is -0.336. The summed E-state index contributed by atoms with van der Waals surface area (Å²) in [7, 11) is 0. The second kappa shape index (κ2) is 6.64. The van der Waals surface area contributed by atoms with Crippen molar-refractivity contribution < 1.29 is 23.1 Å². The van der Waals surface area contributed by atoms with E-state index in [4.69, 9.17) is 0 Å². The van der Waals surface area contributed by atoms with Crippen LogP contribution < -0.4 is 10.9 Å². The molecule has 0 saturated heterocycles. The van der Waals surface area contributed by atoms with Gasteiger partial charge in [-0.05, 0) is 31.7 Å². The standard InChI is InChI=1S/C15H19F3N2O3/c1-9-6-11(21)7-13(23)20(9)8-12(22)19-14(15(16,17)18)10-4-2-3-5-10/h6-7,10,14,21H,2-5,8H2,1H3,(H,19,22). The molecule has 1 amide bonds. The Labute approximate surface area is 131 Å². The molecule has 1 atom stereocenters. The molecule has 2 rings (SSSR count). The van der Waals surface area contributed by atoms with Gasteiger partial charge in [0.15, 0.2) is 0 Å². The van der Waals surface area contributed by atoms with Crippen LogP contribution in [0, 0.1) is 12.8 Å². The number of carbonyl (C=O) groups is 1. The van der Waals surface area contributed by atoms with Crippen LogP contribution in [0.1, 0.15) is 31.4 Å². The highest BCUT2D eigenvalue weighted by atomic mass is 19.4. The van der Waals surface area contributed by atoms with Gasteiger partial charge in [0.1, 0.15) is 18.3 Å². The molecular weight excluding hydrogens is 313 g/mol. The van der Waals surface area contributed by atoms with E-state index in [-0.39, 0.29) is 5.75 Å². The van der Waals surface area contributed by atoms with Crippen molar-refractivity contribution in [3.8, 4) is 5.75 Å². The zero-order valence-corrected chi connectivity index (χ0v) is 12.7. The van der Waals surface area contributed by atoms with Gasteiger partial charge in [0.2, 0.25) is 5.91 Å². The Balaban J connectivity index is 2.12. The third kappa shape index (κ3) is 4.27. The number of hydrogen-bond donors (Lipinski definition) is 2. The van der Waals surface area contributed by atoms with E-state index in [9.17, 15) is 27.9 Å². The van der Waals surface area contributed by atoms with E-state index in [1.807, 2.05) is 5.32 Å². The van der Waals surface area contributed by atoms with E-state index in [2.05, 4.69) is 0 Å². The highest BCUT2D eigenvalue weighted by Gasteiger charge is 2.46. The number of aromatic hydroxyl groups is 1. The molecule has 0 radical (unpaired) electrons. The Bertz CT molecular complexity index is 634. The lowest BCUT2D eigenvalue weighted by molar-refractivity contribution is -0.172. The molecule has 1 saturated carbocycles. The lowest BCUT2D eigenvalue weighted by Gasteiger charge is -2.27. The van der Waals surface area contributed by atoms with Crippen molar-refractivity contribution in [2.75, 3.05) is 0 Å². The summed E-state index contributed by atoms with van der Waals surface area (Å²) in [6, 6.07) is 0.302. The molecule has 0 aliphatic heterocycles. The number of carbonyl (C=O) groups excluding carboxylic acids is 1. The predicted octanol–water partition coefficient (Wildman–Crippen LogP) is 2.10. The molecule has 1 fully saturated rings. The summed E-state index contributed by atoms with van der Waals surface area (Å²) in [4.78, 5) is 23.7. The summed E-state index contributed by atoms with van der Waals surface area (Å²) in [6.45, 7) is 0.983. The van der Waals surface area contributed by atoms with Crippen LogP contribution in [0.3, 0.4) is 0 Å². The van der Waals surface area contributed by atoms with Gasteiger partial charge in [0, 0.05) is 11.8 Å². The first kappa shape index (κ1) is 17.4. The van der Waals surface area contributed by atoms with Crippen LogP contribution in [0.5, 0.6) is 5.75 Å². The SMILES string of the molecule is Cc1cc(O)cc(=O)n1CC(=O)NC(C1CCCC1)C(F)(F)F. The van der Waals surface area contributed by atoms with Gasteiger partial charge in [-0.25, -0.2) is 0 Å². The van der Waals surface area contributed by atoms with Gasteiger partial charge in [-0.15, -0.1) is 0 Å². The predicted molar refractivity (Wildman–Crippen MR) is 77.0 cm³/mol. The van der Waals surface area contributed by atoms with Crippen LogP contribution >= 0.6 is 0 Å². The number of amides is 1. The first-order valence-corrected chi connectivity index (χ1v) is 7.45. The highest BCUT2D eigenvalue weighted by molar-refractivity contribution is 5.76. The molecule has 23 heavy (non-hydrogen) atoms. The fourth-order valence-corrected chi connectivity index (χ4v) is 3.03. The zero-order valence-electron chi connectivity index (χ0n) is 12.7. The van der Waals surface area contributed by atoms with Crippen molar-refractivity contribution in [1.82, 2.24) is 9.88 Å². The van der Waals surface area contributed by atoms with Gasteiger partial charge in [0.05, 0.1) is 0 Å². The fraction of sp³-hybridized carbons (Fsp3) is 0.600. The molecule has 0 bridgehead atoms. The molecule has 8 heteroatoms. The highest BCUT2D eigenvalue weighted by Crippen LogP contribution is 2.35. The summed E-state index contributed by atoms with van der Waals surface area (Å²) in [5.74, 6) is -1.73. The van der Waals surface area contributed by atoms with E-state index in [1.165, 1.54) is 13.0 Å². The Kier molecular flexibility index (Phi) is 5.01. The van der Waals surface area contributed by atoms with Crippen LogP contribution in [0.25, 0.3) is 0 Å². The average molecular weight is 332 g/mol. The quantitative estimate of drug-likeness (QED) is 0.887. The Morgan fingerprint density at radius 2 is 2.00 bits per heavy atom. The number of hydrogen-bond acceptors (Lipinski definition) is 3. The molecule has 1 aromatic heterocycles. The molecule has 128 valence electrons. The molecule has 0 spiro atoms. The summed E-state index contributed by atoms with van der Waals surface area (Å²) < 4.78 is 40.5. The minimum atomic E-state index is -4.51. The smallest absolute Gasteiger partial charge is 0.408 e. The summed E-state index contributed by atoms with van der Waals surface area (Å²) in [5, 5.41) is 11.3. The van der Waals surface area contributed by atoms with Gasteiger partial charge in [-0.3, -0.25) is 9.59 Å². The van der Waals surface area contributed by atoms with E-state index in [0.717, 1.165) is 23.5 Å². The second-order valence-corrected chi connectivity index (χ2v) is 5.91. The number of rotatable bonds is 4. The first-order valence-electron chi connectivity index (χ1n) is 7.45. The molecule has 1 aromatic rings. The van der Waals surface area contributed by atoms with Crippen molar-refractivity contribution in [2.45, 2.75) is 51.4 Å². The minimum Gasteiger partial charge on any atom is -0.508 e. The topological polar surface area (TPSA) is 71.3 Å². The van der Waals surface area contributed by atoms with Gasteiger partial charge < -0.3 is 15.0 Å². The number of aromatic nitrogens is 1. The zero-order chi connectivity index (χ0) is 17.2. The van der Waals surface area contributed by atoms with Gasteiger partial charge in [-0.2, -0.15) is 13.2 Å². The third-order valence-corrected chi connectivity index (χ3v) is 4.16. The van der Waals surface area contributed by atoms with Crippen LogP contribution in [-0.2, 0) is 11.3 Å². The van der Waals surface area contributed by atoms with Gasteiger partial charge in [-0.1, -0.05) is 12.8 Å². The van der Waals surface area contributed by atoms with Gasteiger partial charge >= 0.3 is 6.18 Å².